The summed E-state index contributed by atoms with van der Waals surface area (Å²) in [6.45, 7) is 2.07. The van der Waals surface area contributed by atoms with Gasteiger partial charge in [0.15, 0.2) is 0 Å². The molecule has 1 amide bonds. The number of thiazole rings is 1. The highest BCUT2D eigenvalue weighted by atomic mass is 32.1. The average Bonchev–Trinajstić information content (AvgIpc) is 3.01. The Labute approximate surface area is 130 Å². The Morgan fingerprint density at radius 3 is 2.71 bits per heavy atom. The standard InChI is InChI=1S/C16H24N2O2S/c1-10-14(21-16(17-10)12-4-2-3-5-12)15(20)18-13(8-9-19)11-6-7-11/h11-13,19H,2-9H2,1H3,(H,18,20). The first-order chi connectivity index (χ1) is 10.2. The highest BCUT2D eigenvalue weighted by molar-refractivity contribution is 7.13. The summed E-state index contributed by atoms with van der Waals surface area (Å²) < 4.78 is 0. The van der Waals surface area contributed by atoms with Crippen molar-refractivity contribution in [1.82, 2.24) is 10.3 Å². The number of aryl methyl sites for hydroxylation is 1. The largest absolute Gasteiger partial charge is 0.396 e. The van der Waals surface area contributed by atoms with Crippen LogP contribution in [0.2, 0.25) is 0 Å². The molecule has 0 aromatic carbocycles. The molecule has 0 saturated heterocycles. The Kier molecular flexibility index (Phi) is 4.60. The molecule has 0 aliphatic heterocycles. The molecule has 5 heteroatoms. The molecule has 1 aromatic rings. The third-order valence-electron chi connectivity index (χ3n) is 4.67. The van der Waals surface area contributed by atoms with Gasteiger partial charge in [-0.15, -0.1) is 11.3 Å². The molecule has 0 bridgehead atoms. The van der Waals surface area contributed by atoms with Crippen LogP contribution in [0.3, 0.4) is 0 Å². The van der Waals surface area contributed by atoms with E-state index < -0.39 is 0 Å². The summed E-state index contributed by atoms with van der Waals surface area (Å²) in [6, 6.07) is 0.124. The SMILES string of the molecule is Cc1nc(C2CCCC2)sc1C(=O)NC(CCO)C1CC1. The molecule has 2 saturated carbocycles. The van der Waals surface area contributed by atoms with Gasteiger partial charge < -0.3 is 10.4 Å². The predicted octanol–water partition coefficient (Wildman–Crippen LogP) is 3.00. The monoisotopic (exact) mass is 308 g/mol. The molecule has 0 spiro atoms. The first-order valence-electron chi connectivity index (χ1n) is 8.08. The van der Waals surface area contributed by atoms with Gasteiger partial charge in [0.05, 0.1) is 10.7 Å². The number of aliphatic hydroxyl groups is 1. The summed E-state index contributed by atoms with van der Waals surface area (Å²) >= 11 is 1.57. The van der Waals surface area contributed by atoms with Gasteiger partial charge in [0.2, 0.25) is 0 Å². The van der Waals surface area contributed by atoms with Crippen LogP contribution in [0.5, 0.6) is 0 Å². The van der Waals surface area contributed by atoms with E-state index in [4.69, 9.17) is 5.11 Å². The van der Waals surface area contributed by atoms with Gasteiger partial charge in [-0.1, -0.05) is 12.8 Å². The molecule has 3 rings (SSSR count). The summed E-state index contributed by atoms with van der Waals surface area (Å²) in [6.07, 6.45) is 7.98. The summed E-state index contributed by atoms with van der Waals surface area (Å²) in [7, 11) is 0. The fourth-order valence-electron chi connectivity index (χ4n) is 3.27. The molecular formula is C16H24N2O2S. The van der Waals surface area contributed by atoms with Gasteiger partial charge in [0, 0.05) is 18.6 Å². The maximum absolute atomic E-state index is 12.5. The topological polar surface area (TPSA) is 62.2 Å². The van der Waals surface area contributed by atoms with E-state index in [2.05, 4.69) is 10.3 Å². The zero-order chi connectivity index (χ0) is 14.8. The lowest BCUT2D eigenvalue weighted by Gasteiger charge is -2.16. The van der Waals surface area contributed by atoms with Crippen LogP contribution in [0, 0.1) is 12.8 Å². The van der Waals surface area contributed by atoms with Crippen molar-refractivity contribution in [3.63, 3.8) is 0 Å². The molecular weight excluding hydrogens is 284 g/mol. The van der Waals surface area contributed by atoms with Gasteiger partial charge in [0.25, 0.3) is 5.91 Å². The van der Waals surface area contributed by atoms with E-state index in [0.29, 0.717) is 18.3 Å². The van der Waals surface area contributed by atoms with Crippen LogP contribution in [0.15, 0.2) is 0 Å². The fourth-order valence-corrected chi connectivity index (χ4v) is 4.41. The third kappa shape index (κ3) is 3.46. The van der Waals surface area contributed by atoms with Crippen LogP contribution in [-0.2, 0) is 0 Å². The minimum absolute atomic E-state index is 0.000373. The summed E-state index contributed by atoms with van der Waals surface area (Å²) in [5.41, 5.74) is 0.859. The van der Waals surface area contributed by atoms with Crippen LogP contribution >= 0.6 is 11.3 Å². The Balaban J connectivity index is 1.68. The van der Waals surface area contributed by atoms with Crippen molar-refractivity contribution < 1.29 is 9.90 Å². The quantitative estimate of drug-likeness (QED) is 0.849. The Morgan fingerprint density at radius 2 is 2.10 bits per heavy atom. The summed E-state index contributed by atoms with van der Waals surface area (Å²) in [4.78, 5) is 17.9. The number of aromatic nitrogens is 1. The zero-order valence-corrected chi connectivity index (χ0v) is 13.4. The number of hydrogen-bond acceptors (Lipinski definition) is 4. The minimum atomic E-state index is -0.000373. The summed E-state index contributed by atoms with van der Waals surface area (Å²) in [5.74, 6) is 1.12. The number of carbonyl (C=O) groups is 1. The lowest BCUT2D eigenvalue weighted by molar-refractivity contribution is 0.0927. The minimum Gasteiger partial charge on any atom is -0.396 e. The second-order valence-electron chi connectivity index (χ2n) is 6.38. The predicted molar refractivity (Wildman–Crippen MR) is 83.7 cm³/mol. The Bertz CT molecular complexity index is 504. The molecule has 2 fully saturated rings. The van der Waals surface area contributed by atoms with Crippen molar-refractivity contribution in [2.75, 3.05) is 6.61 Å². The van der Waals surface area contributed by atoms with Gasteiger partial charge in [-0.05, 0) is 44.9 Å². The van der Waals surface area contributed by atoms with Gasteiger partial charge in [-0.25, -0.2) is 4.98 Å². The molecule has 2 aliphatic rings. The number of nitrogens with zero attached hydrogens (tertiary/aromatic N) is 1. The number of hydrogen-bond donors (Lipinski definition) is 2. The van der Waals surface area contributed by atoms with Crippen molar-refractivity contribution in [2.24, 2.45) is 5.92 Å². The number of nitrogens with one attached hydrogen (secondary N) is 1. The van der Waals surface area contributed by atoms with Crippen LogP contribution in [0.4, 0.5) is 0 Å². The van der Waals surface area contributed by atoms with E-state index in [9.17, 15) is 4.79 Å². The molecule has 0 radical (unpaired) electrons. The van der Waals surface area contributed by atoms with Crippen molar-refractivity contribution in [3.8, 4) is 0 Å². The highest BCUT2D eigenvalue weighted by Crippen LogP contribution is 2.37. The molecule has 2 N–H and O–H groups in total. The van der Waals surface area contributed by atoms with E-state index in [1.807, 2.05) is 6.92 Å². The lowest BCUT2D eigenvalue weighted by Crippen LogP contribution is -2.37. The second kappa shape index (κ2) is 6.44. The van der Waals surface area contributed by atoms with Gasteiger partial charge in [-0.2, -0.15) is 0 Å². The molecule has 2 aliphatic carbocycles. The molecule has 21 heavy (non-hydrogen) atoms. The molecule has 1 atom stereocenters. The second-order valence-corrected chi connectivity index (χ2v) is 7.41. The number of carbonyl (C=O) groups excluding carboxylic acids is 1. The normalized spacial score (nSPS) is 20.7. The third-order valence-corrected chi connectivity index (χ3v) is 5.99. The van der Waals surface area contributed by atoms with E-state index in [1.165, 1.54) is 38.5 Å². The van der Waals surface area contributed by atoms with E-state index in [-0.39, 0.29) is 18.6 Å². The van der Waals surface area contributed by atoms with E-state index >= 15 is 0 Å². The van der Waals surface area contributed by atoms with Crippen LogP contribution < -0.4 is 5.32 Å². The smallest absolute Gasteiger partial charge is 0.263 e. The first kappa shape index (κ1) is 15.0. The average molecular weight is 308 g/mol. The number of amides is 1. The van der Waals surface area contributed by atoms with Crippen molar-refractivity contribution >= 4 is 17.2 Å². The molecule has 1 aromatic heterocycles. The highest BCUT2D eigenvalue weighted by Gasteiger charge is 2.33. The van der Waals surface area contributed by atoms with E-state index in [0.717, 1.165) is 15.6 Å². The first-order valence-corrected chi connectivity index (χ1v) is 8.89. The molecule has 1 heterocycles. The Morgan fingerprint density at radius 1 is 1.38 bits per heavy atom. The fraction of sp³-hybridized carbons (Fsp3) is 0.750. The molecule has 116 valence electrons. The van der Waals surface area contributed by atoms with Crippen LogP contribution in [-0.4, -0.2) is 28.6 Å². The van der Waals surface area contributed by atoms with Gasteiger partial charge in [-0.3, -0.25) is 4.79 Å². The van der Waals surface area contributed by atoms with Gasteiger partial charge >= 0.3 is 0 Å². The van der Waals surface area contributed by atoms with Crippen molar-refractivity contribution in [1.29, 1.82) is 0 Å². The number of aliphatic hydroxyl groups excluding tert-OH is 1. The maximum Gasteiger partial charge on any atom is 0.263 e. The maximum atomic E-state index is 12.5. The van der Waals surface area contributed by atoms with Crippen molar-refractivity contribution in [3.05, 3.63) is 15.6 Å². The molecule has 1 unspecified atom stereocenters. The van der Waals surface area contributed by atoms with Gasteiger partial charge in [0.1, 0.15) is 4.88 Å². The Hall–Kier alpha value is -0.940. The van der Waals surface area contributed by atoms with E-state index in [1.54, 1.807) is 11.3 Å². The summed E-state index contributed by atoms with van der Waals surface area (Å²) in [5, 5.41) is 13.4. The number of rotatable bonds is 6. The lowest BCUT2D eigenvalue weighted by atomic mass is 10.1. The molecule has 4 nitrogen and oxygen atoms in total. The van der Waals surface area contributed by atoms with Crippen LogP contribution in [0.25, 0.3) is 0 Å². The van der Waals surface area contributed by atoms with Crippen molar-refractivity contribution in [2.45, 2.75) is 63.8 Å². The zero-order valence-electron chi connectivity index (χ0n) is 12.6. The van der Waals surface area contributed by atoms with Crippen LogP contribution in [0.1, 0.15) is 71.2 Å².